The Bertz CT molecular complexity index is 843. The number of anilines is 1. The summed E-state index contributed by atoms with van der Waals surface area (Å²) < 4.78 is 37.8. The standard InChI is InChI=1S/C17H22N2O5S/c1-6-8-19-13-10-15(24-5)14(23-4)9-12(13)11(3)16(25(19,21)22)17(20)18-7-2/h6,9-10H,1,7-8H2,2-5H3,(H,18,20). The Balaban J connectivity index is 2.84. The Morgan fingerprint density at radius 3 is 2.40 bits per heavy atom. The molecule has 0 saturated carbocycles. The van der Waals surface area contributed by atoms with Crippen molar-refractivity contribution in [1.82, 2.24) is 5.32 Å². The Morgan fingerprint density at radius 2 is 1.88 bits per heavy atom. The monoisotopic (exact) mass is 366 g/mol. The number of rotatable bonds is 6. The molecular formula is C17H22N2O5S. The number of benzene rings is 1. The smallest absolute Gasteiger partial charge is 0.270 e. The van der Waals surface area contributed by atoms with Crippen molar-refractivity contribution in [3.63, 3.8) is 0 Å². The van der Waals surface area contributed by atoms with Crippen molar-refractivity contribution in [3.8, 4) is 11.5 Å². The van der Waals surface area contributed by atoms with Crippen LogP contribution in [0.1, 0.15) is 19.4 Å². The van der Waals surface area contributed by atoms with Crippen molar-refractivity contribution < 1.29 is 22.7 Å². The van der Waals surface area contributed by atoms with Gasteiger partial charge in [0.25, 0.3) is 15.9 Å². The van der Waals surface area contributed by atoms with E-state index in [1.165, 1.54) is 20.3 Å². The quantitative estimate of drug-likeness (QED) is 0.778. The summed E-state index contributed by atoms with van der Waals surface area (Å²) in [5, 5.41) is 2.56. The van der Waals surface area contributed by atoms with Gasteiger partial charge in [0.2, 0.25) is 0 Å². The maximum atomic E-state index is 13.0. The number of sulfonamides is 1. The van der Waals surface area contributed by atoms with E-state index >= 15 is 0 Å². The maximum absolute atomic E-state index is 13.0. The number of ether oxygens (including phenoxy) is 2. The Morgan fingerprint density at radius 1 is 1.28 bits per heavy atom. The molecule has 1 aliphatic heterocycles. The normalized spacial score (nSPS) is 15.4. The topological polar surface area (TPSA) is 84.9 Å². The number of allylic oxidation sites excluding steroid dienone is 1. The van der Waals surface area contributed by atoms with Crippen LogP contribution in [0.5, 0.6) is 11.5 Å². The number of methoxy groups -OCH3 is 2. The van der Waals surface area contributed by atoms with E-state index in [1.54, 1.807) is 26.0 Å². The first-order chi connectivity index (χ1) is 11.8. The van der Waals surface area contributed by atoms with Crippen molar-refractivity contribution in [2.24, 2.45) is 0 Å². The van der Waals surface area contributed by atoms with Crippen LogP contribution < -0.4 is 19.1 Å². The molecule has 1 N–H and O–H groups in total. The lowest BCUT2D eigenvalue weighted by atomic mass is 10.0. The molecular weight excluding hydrogens is 344 g/mol. The number of carbonyl (C=O) groups excluding carboxylic acids is 1. The minimum absolute atomic E-state index is 0.0288. The first-order valence-corrected chi connectivity index (χ1v) is 9.16. The zero-order valence-electron chi connectivity index (χ0n) is 14.8. The summed E-state index contributed by atoms with van der Waals surface area (Å²) in [6, 6.07) is 3.26. The van der Waals surface area contributed by atoms with Crippen molar-refractivity contribution >= 4 is 27.2 Å². The van der Waals surface area contributed by atoms with Gasteiger partial charge in [0.05, 0.1) is 26.5 Å². The van der Waals surface area contributed by atoms with Crippen molar-refractivity contribution in [1.29, 1.82) is 0 Å². The van der Waals surface area contributed by atoms with E-state index in [1.807, 2.05) is 0 Å². The third-order valence-electron chi connectivity index (χ3n) is 3.90. The van der Waals surface area contributed by atoms with Gasteiger partial charge in [-0.1, -0.05) is 6.08 Å². The third kappa shape index (κ3) is 3.09. The molecule has 0 fully saturated rings. The molecule has 2 rings (SSSR count). The van der Waals surface area contributed by atoms with E-state index in [9.17, 15) is 13.2 Å². The number of amides is 1. The lowest BCUT2D eigenvalue weighted by molar-refractivity contribution is -0.116. The summed E-state index contributed by atoms with van der Waals surface area (Å²) in [6.45, 7) is 7.31. The maximum Gasteiger partial charge on any atom is 0.270 e. The van der Waals surface area contributed by atoms with Crippen molar-refractivity contribution in [3.05, 3.63) is 35.3 Å². The van der Waals surface area contributed by atoms with Gasteiger partial charge in [0, 0.05) is 18.2 Å². The largest absolute Gasteiger partial charge is 0.493 e. The molecule has 0 unspecified atom stereocenters. The summed E-state index contributed by atoms with van der Waals surface area (Å²) in [5.74, 6) is 0.225. The highest BCUT2D eigenvalue weighted by molar-refractivity contribution is 7.97. The van der Waals surface area contributed by atoms with Crippen LogP contribution in [0.4, 0.5) is 5.69 Å². The average molecular weight is 366 g/mol. The van der Waals surface area contributed by atoms with Crippen molar-refractivity contribution in [2.75, 3.05) is 31.6 Å². The Labute approximate surface area is 148 Å². The number of hydrogen-bond donors (Lipinski definition) is 1. The van der Waals surface area contributed by atoms with Crippen LogP contribution in [-0.2, 0) is 14.8 Å². The molecule has 0 aliphatic carbocycles. The van der Waals surface area contributed by atoms with Crippen LogP contribution in [0.15, 0.2) is 29.7 Å². The van der Waals surface area contributed by atoms with Crippen LogP contribution in [0, 0.1) is 0 Å². The molecule has 7 nitrogen and oxygen atoms in total. The molecule has 0 bridgehead atoms. The number of nitrogens with one attached hydrogen (secondary N) is 1. The molecule has 0 radical (unpaired) electrons. The van der Waals surface area contributed by atoms with Crippen molar-refractivity contribution in [2.45, 2.75) is 13.8 Å². The molecule has 136 valence electrons. The van der Waals surface area contributed by atoms with E-state index in [2.05, 4.69) is 11.9 Å². The third-order valence-corrected chi connectivity index (χ3v) is 5.84. The summed E-state index contributed by atoms with van der Waals surface area (Å²) in [7, 11) is -1.05. The lowest BCUT2D eigenvalue weighted by Crippen LogP contribution is -2.41. The number of carbonyl (C=O) groups is 1. The zero-order valence-corrected chi connectivity index (χ0v) is 15.6. The number of fused-ring (bicyclic) bond motifs is 1. The summed E-state index contributed by atoms with van der Waals surface area (Å²) in [4.78, 5) is 12.1. The molecule has 1 amide bonds. The average Bonchev–Trinajstić information content (AvgIpc) is 2.57. The van der Waals surface area contributed by atoms with Gasteiger partial charge < -0.3 is 14.8 Å². The van der Waals surface area contributed by atoms with Gasteiger partial charge >= 0.3 is 0 Å². The van der Waals surface area contributed by atoms with E-state index < -0.39 is 15.9 Å². The SMILES string of the molecule is C=CCN1c2cc(OC)c(OC)cc2C(C)=C(C(=O)NCC)S1(=O)=O. The molecule has 0 spiro atoms. The van der Waals surface area contributed by atoms with Gasteiger partial charge in [-0.2, -0.15) is 0 Å². The minimum Gasteiger partial charge on any atom is -0.493 e. The van der Waals surface area contributed by atoms with Crippen LogP contribution in [0.2, 0.25) is 0 Å². The van der Waals surface area contributed by atoms with Gasteiger partial charge in [-0.3, -0.25) is 9.10 Å². The van der Waals surface area contributed by atoms with E-state index in [4.69, 9.17) is 9.47 Å². The summed E-state index contributed by atoms with van der Waals surface area (Å²) in [5.41, 5.74) is 1.38. The van der Waals surface area contributed by atoms with Crippen LogP contribution in [0.3, 0.4) is 0 Å². The second-order valence-electron chi connectivity index (χ2n) is 5.36. The zero-order chi connectivity index (χ0) is 18.8. The molecule has 0 saturated heterocycles. The van der Waals surface area contributed by atoms with E-state index in [0.29, 0.717) is 34.9 Å². The molecule has 8 heteroatoms. The fourth-order valence-electron chi connectivity index (χ4n) is 2.77. The van der Waals surface area contributed by atoms with Crippen LogP contribution in [-0.4, -0.2) is 41.6 Å². The molecule has 1 aliphatic rings. The van der Waals surface area contributed by atoms with Gasteiger partial charge in [-0.05, 0) is 25.5 Å². The number of nitrogens with zero attached hydrogens (tertiary/aromatic N) is 1. The summed E-state index contributed by atoms with van der Waals surface area (Å²) in [6.07, 6.45) is 1.47. The Hall–Kier alpha value is -2.48. The summed E-state index contributed by atoms with van der Waals surface area (Å²) >= 11 is 0. The second kappa shape index (κ2) is 7.18. The van der Waals surface area contributed by atoms with Crippen LogP contribution >= 0.6 is 0 Å². The minimum atomic E-state index is -4.02. The first-order valence-electron chi connectivity index (χ1n) is 7.72. The molecule has 1 aromatic carbocycles. The highest BCUT2D eigenvalue weighted by Crippen LogP contribution is 2.44. The first kappa shape index (κ1) is 18.9. The molecule has 0 atom stereocenters. The van der Waals surface area contributed by atoms with E-state index in [-0.39, 0.29) is 11.4 Å². The van der Waals surface area contributed by atoms with E-state index in [0.717, 1.165) is 4.31 Å². The van der Waals surface area contributed by atoms with Gasteiger partial charge in [-0.25, -0.2) is 8.42 Å². The van der Waals surface area contributed by atoms with Gasteiger partial charge in [0.15, 0.2) is 16.4 Å². The highest BCUT2D eigenvalue weighted by Gasteiger charge is 2.39. The fourth-order valence-corrected chi connectivity index (χ4v) is 4.51. The highest BCUT2D eigenvalue weighted by atomic mass is 32.2. The fraction of sp³-hybridized carbons (Fsp3) is 0.353. The predicted molar refractivity (Wildman–Crippen MR) is 97.3 cm³/mol. The van der Waals surface area contributed by atoms with Crippen LogP contribution in [0.25, 0.3) is 5.57 Å². The molecule has 25 heavy (non-hydrogen) atoms. The predicted octanol–water partition coefficient (Wildman–Crippen LogP) is 1.91. The number of hydrogen-bond acceptors (Lipinski definition) is 5. The number of likely N-dealkylation sites (N-methyl/N-ethyl adjacent to an activating group) is 1. The second-order valence-corrected chi connectivity index (χ2v) is 7.16. The van der Waals surface area contributed by atoms with Gasteiger partial charge in [-0.15, -0.1) is 6.58 Å². The molecule has 1 heterocycles. The lowest BCUT2D eigenvalue weighted by Gasteiger charge is -2.32. The Kier molecular flexibility index (Phi) is 5.42. The van der Waals surface area contributed by atoms with Gasteiger partial charge in [0.1, 0.15) is 0 Å². The molecule has 1 aromatic rings. The molecule has 0 aromatic heterocycles.